The molecular formula is C26H32O4. The van der Waals surface area contributed by atoms with Crippen LogP contribution in [0.5, 0.6) is 23.0 Å². The van der Waals surface area contributed by atoms with Crippen LogP contribution >= 0.6 is 0 Å². The Labute approximate surface area is 179 Å². The monoisotopic (exact) mass is 408 g/mol. The highest BCUT2D eigenvalue weighted by Crippen LogP contribution is 2.32. The van der Waals surface area contributed by atoms with Crippen molar-refractivity contribution in [2.24, 2.45) is 0 Å². The highest BCUT2D eigenvalue weighted by molar-refractivity contribution is 5.74. The summed E-state index contributed by atoms with van der Waals surface area (Å²) in [4.78, 5) is 0. The number of methoxy groups -OCH3 is 2. The molecule has 0 saturated heterocycles. The summed E-state index contributed by atoms with van der Waals surface area (Å²) in [5.74, 6) is 1.21. The molecule has 2 N–H and O–H groups in total. The highest BCUT2D eigenvalue weighted by Gasteiger charge is 2.10. The van der Waals surface area contributed by atoms with Crippen LogP contribution in [-0.2, 0) is 6.42 Å². The molecule has 0 saturated carbocycles. The van der Waals surface area contributed by atoms with Crippen LogP contribution < -0.4 is 9.47 Å². The minimum atomic E-state index is -0.143. The lowest BCUT2D eigenvalue weighted by atomic mass is 9.99. The summed E-state index contributed by atoms with van der Waals surface area (Å²) in [5.41, 5.74) is 5.51. The summed E-state index contributed by atoms with van der Waals surface area (Å²) in [6.45, 7) is 6.39. The van der Waals surface area contributed by atoms with Crippen LogP contribution in [0.3, 0.4) is 0 Å². The van der Waals surface area contributed by atoms with E-state index in [0.717, 1.165) is 41.7 Å². The minimum absolute atomic E-state index is 0.135. The van der Waals surface area contributed by atoms with E-state index in [4.69, 9.17) is 9.47 Å². The van der Waals surface area contributed by atoms with E-state index in [-0.39, 0.29) is 11.5 Å². The van der Waals surface area contributed by atoms with E-state index in [2.05, 4.69) is 32.9 Å². The Morgan fingerprint density at radius 3 is 2.30 bits per heavy atom. The lowest BCUT2D eigenvalue weighted by molar-refractivity contribution is 0.391. The molecule has 0 aliphatic heterocycles. The maximum absolute atomic E-state index is 9.73. The molecule has 0 atom stereocenters. The van der Waals surface area contributed by atoms with Crippen molar-refractivity contribution in [2.45, 2.75) is 40.0 Å². The van der Waals surface area contributed by atoms with E-state index >= 15 is 0 Å². The first-order valence-corrected chi connectivity index (χ1v) is 10.1. The quantitative estimate of drug-likeness (QED) is 0.282. The predicted molar refractivity (Wildman–Crippen MR) is 124 cm³/mol. The fourth-order valence-corrected chi connectivity index (χ4v) is 3.10. The first kappa shape index (κ1) is 23.1. The first-order chi connectivity index (χ1) is 14.3. The molecule has 0 aliphatic carbocycles. The Balaban J connectivity index is 2.34. The van der Waals surface area contributed by atoms with E-state index in [1.165, 1.54) is 23.3 Å². The molecule has 2 rings (SSSR count). The second-order valence-corrected chi connectivity index (χ2v) is 7.55. The molecule has 0 amide bonds. The summed E-state index contributed by atoms with van der Waals surface area (Å²) < 4.78 is 11.1. The zero-order valence-corrected chi connectivity index (χ0v) is 18.5. The zero-order valence-electron chi connectivity index (χ0n) is 18.5. The largest absolute Gasteiger partial charge is 0.504 e. The number of ether oxygens (including phenoxy) is 2. The van der Waals surface area contributed by atoms with Gasteiger partial charge in [0, 0.05) is 11.6 Å². The van der Waals surface area contributed by atoms with E-state index < -0.39 is 0 Å². The van der Waals surface area contributed by atoms with Gasteiger partial charge in [0.05, 0.1) is 14.2 Å². The molecule has 2 aromatic rings. The lowest BCUT2D eigenvalue weighted by Gasteiger charge is -2.13. The van der Waals surface area contributed by atoms with Crippen molar-refractivity contribution in [3.05, 3.63) is 70.3 Å². The van der Waals surface area contributed by atoms with Gasteiger partial charge in [-0.05, 0) is 69.4 Å². The number of benzene rings is 2. The molecule has 0 spiro atoms. The van der Waals surface area contributed by atoms with Gasteiger partial charge in [-0.25, -0.2) is 0 Å². The molecular weight excluding hydrogens is 376 g/mol. The summed E-state index contributed by atoms with van der Waals surface area (Å²) >= 11 is 0. The van der Waals surface area contributed by atoms with Crippen LogP contribution in [0.1, 0.15) is 50.3 Å². The van der Waals surface area contributed by atoms with E-state index in [0.29, 0.717) is 5.75 Å². The predicted octanol–water partition coefficient (Wildman–Crippen LogP) is 6.52. The molecule has 160 valence electrons. The van der Waals surface area contributed by atoms with Gasteiger partial charge in [0.2, 0.25) is 0 Å². The van der Waals surface area contributed by atoms with Gasteiger partial charge < -0.3 is 19.7 Å². The van der Waals surface area contributed by atoms with Gasteiger partial charge in [-0.3, -0.25) is 0 Å². The summed E-state index contributed by atoms with van der Waals surface area (Å²) in [6.07, 6.45) is 11.2. The number of rotatable bonds is 9. The Morgan fingerprint density at radius 1 is 0.900 bits per heavy atom. The Kier molecular flexibility index (Phi) is 8.60. The van der Waals surface area contributed by atoms with Crippen molar-refractivity contribution in [3.8, 4) is 23.0 Å². The Morgan fingerprint density at radius 2 is 1.67 bits per heavy atom. The van der Waals surface area contributed by atoms with Crippen LogP contribution in [0.2, 0.25) is 0 Å². The number of phenolic OH excluding ortho intramolecular Hbond substituents is 2. The van der Waals surface area contributed by atoms with Crippen molar-refractivity contribution < 1.29 is 19.7 Å². The number of phenols is 2. The van der Waals surface area contributed by atoms with Crippen molar-refractivity contribution in [1.82, 2.24) is 0 Å². The number of allylic oxidation sites excluding steroid dienone is 4. The number of hydrogen-bond acceptors (Lipinski definition) is 4. The molecule has 0 aromatic heterocycles. The average Bonchev–Trinajstić information content (AvgIpc) is 2.72. The molecule has 4 nitrogen and oxygen atoms in total. The fourth-order valence-electron chi connectivity index (χ4n) is 3.10. The molecule has 0 bridgehead atoms. The normalized spacial score (nSPS) is 11.6. The number of aromatic hydroxyl groups is 2. The second-order valence-electron chi connectivity index (χ2n) is 7.55. The van der Waals surface area contributed by atoms with Crippen molar-refractivity contribution in [1.29, 1.82) is 0 Å². The van der Waals surface area contributed by atoms with E-state index in [9.17, 15) is 10.2 Å². The van der Waals surface area contributed by atoms with Crippen molar-refractivity contribution in [2.75, 3.05) is 14.2 Å². The van der Waals surface area contributed by atoms with Gasteiger partial charge in [0.1, 0.15) is 11.5 Å². The summed E-state index contributed by atoms with van der Waals surface area (Å²) in [7, 11) is 3.29. The maximum atomic E-state index is 9.73. The van der Waals surface area contributed by atoms with Crippen LogP contribution in [-0.4, -0.2) is 24.4 Å². The molecule has 0 heterocycles. The zero-order chi connectivity index (χ0) is 22.1. The molecule has 0 unspecified atom stereocenters. The molecule has 4 heteroatoms. The van der Waals surface area contributed by atoms with Crippen LogP contribution in [0, 0.1) is 0 Å². The van der Waals surface area contributed by atoms with Crippen LogP contribution in [0.15, 0.2) is 53.6 Å². The van der Waals surface area contributed by atoms with Crippen molar-refractivity contribution >= 4 is 12.2 Å². The third kappa shape index (κ3) is 6.73. The molecule has 30 heavy (non-hydrogen) atoms. The standard InChI is InChI=1S/C26H32O4/c1-18(2)7-6-8-19(3)9-13-23-21(16-22(29-4)17-26(23)30-5)12-10-20-11-14-24(27)25(28)15-20/h7,9-12,14-17,27-28H,6,8,13H2,1-5H3/b12-10+,19-9+. The molecule has 0 fully saturated rings. The maximum Gasteiger partial charge on any atom is 0.157 e. The fraction of sp³-hybridized carbons (Fsp3) is 0.308. The van der Waals surface area contributed by atoms with Crippen LogP contribution in [0.4, 0.5) is 0 Å². The number of hydrogen-bond donors (Lipinski definition) is 2. The smallest absolute Gasteiger partial charge is 0.157 e. The third-order valence-corrected chi connectivity index (χ3v) is 4.87. The van der Waals surface area contributed by atoms with Gasteiger partial charge in [-0.1, -0.05) is 41.5 Å². The molecule has 2 aromatic carbocycles. The molecule has 0 radical (unpaired) electrons. The SMILES string of the molecule is COc1cc(/C=C/c2ccc(O)c(O)c2)c(C/C=C(\C)CCC=C(C)C)c(OC)c1. The third-order valence-electron chi connectivity index (χ3n) is 4.87. The lowest BCUT2D eigenvalue weighted by Crippen LogP contribution is -1.97. The van der Waals surface area contributed by atoms with Crippen LogP contribution in [0.25, 0.3) is 12.2 Å². The van der Waals surface area contributed by atoms with E-state index in [1.54, 1.807) is 20.3 Å². The molecule has 0 aliphatic rings. The summed E-state index contributed by atoms with van der Waals surface area (Å²) in [6, 6.07) is 8.61. The average molecular weight is 409 g/mol. The van der Waals surface area contributed by atoms with Crippen molar-refractivity contribution in [3.63, 3.8) is 0 Å². The Hall–Kier alpha value is -3.14. The van der Waals surface area contributed by atoms with Gasteiger partial charge in [0.15, 0.2) is 11.5 Å². The summed E-state index contributed by atoms with van der Waals surface area (Å²) in [5, 5.41) is 19.2. The second kappa shape index (κ2) is 11.1. The minimum Gasteiger partial charge on any atom is -0.504 e. The first-order valence-electron chi connectivity index (χ1n) is 10.1. The van der Waals surface area contributed by atoms with E-state index in [1.807, 2.05) is 24.3 Å². The van der Waals surface area contributed by atoms with Gasteiger partial charge >= 0.3 is 0 Å². The Bertz CT molecular complexity index is 948. The topological polar surface area (TPSA) is 58.9 Å². The van der Waals surface area contributed by atoms with Gasteiger partial charge in [0.25, 0.3) is 0 Å². The highest BCUT2D eigenvalue weighted by atomic mass is 16.5. The van der Waals surface area contributed by atoms with Gasteiger partial charge in [-0.2, -0.15) is 0 Å². The van der Waals surface area contributed by atoms with Gasteiger partial charge in [-0.15, -0.1) is 0 Å².